The van der Waals surface area contributed by atoms with Crippen molar-refractivity contribution in [3.63, 3.8) is 0 Å². The summed E-state index contributed by atoms with van der Waals surface area (Å²) in [5.41, 5.74) is 0.337. The molecule has 0 spiro atoms. The molecule has 25 heavy (non-hydrogen) atoms. The summed E-state index contributed by atoms with van der Waals surface area (Å²) in [7, 11) is 0. The quantitative estimate of drug-likeness (QED) is 0.676. The predicted octanol–water partition coefficient (Wildman–Crippen LogP) is 2.73. The molecule has 1 aromatic heterocycles. The number of carbonyl (C=O) groups is 1. The lowest BCUT2D eigenvalue weighted by Gasteiger charge is -2.21. The summed E-state index contributed by atoms with van der Waals surface area (Å²) in [4.78, 5) is 34.7. The molecular weight excluding hydrogens is 326 g/mol. The highest BCUT2D eigenvalue weighted by atomic mass is 16.6. The first-order valence-corrected chi connectivity index (χ1v) is 8.62. The monoisotopic (exact) mass is 347 g/mol. The average Bonchev–Trinajstić information content (AvgIpc) is 2.85. The summed E-state index contributed by atoms with van der Waals surface area (Å²) in [5, 5.41) is 13.9. The van der Waals surface area contributed by atoms with E-state index >= 15 is 0 Å². The van der Waals surface area contributed by atoms with Gasteiger partial charge in [0.2, 0.25) is 5.91 Å². The lowest BCUT2D eigenvalue weighted by molar-refractivity contribution is -0.384. The number of non-ortho nitro benzene ring substituents is 1. The molecule has 0 saturated heterocycles. The summed E-state index contributed by atoms with van der Waals surface area (Å²) in [6.07, 6.45) is 7.67. The minimum Gasteiger partial charge on any atom is -0.408 e. The van der Waals surface area contributed by atoms with Crippen molar-refractivity contribution in [3.8, 4) is 0 Å². The van der Waals surface area contributed by atoms with Crippen LogP contribution in [0.4, 0.5) is 5.69 Å². The van der Waals surface area contributed by atoms with Crippen molar-refractivity contribution in [2.45, 2.75) is 57.5 Å². The van der Waals surface area contributed by atoms with Gasteiger partial charge in [0.1, 0.15) is 6.54 Å². The van der Waals surface area contributed by atoms with Gasteiger partial charge in [-0.3, -0.25) is 19.5 Å². The number of nitrogens with zero attached hydrogens (tertiary/aromatic N) is 2. The van der Waals surface area contributed by atoms with Gasteiger partial charge in [-0.2, -0.15) is 0 Å². The molecule has 2 aromatic rings. The molecule has 1 aliphatic carbocycles. The van der Waals surface area contributed by atoms with Crippen LogP contribution in [0.15, 0.2) is 27.4 Å². The number of carbonyl (C=O) groups excluding carboxylic acids is 1. The van der Waals surface area contributed by atoms with Gasteiger partial charge in [-0.05, 0) is 18.9 Å². The van der Waals surface area contributed by atoms with E-state index in [1.165, 1.54) is 37.5 Å². The van der Waals surface area contributed by atoms with Crippen molar-refractivity contribution >= 4 is 22.7 Å². The summed E-state index contributed by atoms with van der Waals surface area (Å²) in [5.74, 6) is -0.967. The van der Waals surface area contributed by atoms with Gasteiger partial charge in [0.15, 0.2) is 5.58 Å². The second-order valence-corrected chi connectivity index (χ2v) is 6.47. The zero-order valence-corrected chi connectivity index (χ0v) is 13.9. The summed E-state index contributed by atoms with van der Waals surface area (Å²) in [6, 6.07) is 4.02. The largest absolute Gasteiger partial charge is 0.420 e. The molecule has 0 aliphatic heterocycles. The first kappa shape index (κ1) is 17.2. The Morgan fingerprint density at radius 2 is 1.92 bits per heavy atom. The van der Waals surface area contributed by atoms with Gasteiger partial charge < -0.3 is 9.73 Å². The third-order valence-electron chi connectivity index (χ3n) is 4.63. The maximum absolute atomic E-state index is 12.3. The van der Waals surface area contributed by atoms with Crippen LogP contribution in [0.2, 0.25) is 0 Å². The van der Waals surface area contributed by atoms with Crippen LogP contribution >= 0.6 is 0 Å². The third-order valence-corrected chi connectivity index (χ3v) is 4.63. The first-order chi connectivity index (χ1) is 12.0. The lowest BCUT2D eigenvalue weighted by Crippen LogP contribution is -2.38. The van der Waals surface area contributed by atoms with Crippen LogP contribution < -0.4 is 11.1 Å². The van der Waals surface area contributed by atoms with Crippen molar-refractivity contribution < 1.29 is 14.1 Å². The van der Waals surface area contributed by atoms with Gasteiger partial charge in [-0.1, -0.05) is 32.1 Å². The summed E-state index contributed by atoms with van der Waals surface area (Å²) < 4.78 is 6.21. The van der Waals surface area contributed by atoms with Crippen LogP contribution in [0.25, 0.3) is 11.1 Å². The molecule has 3 rings (SSSR count). The van der Waals surface area contributed by atoms with Crippen molar-refractivity contribution in [1.82, 2.24) is 9.88 Å². The van der Waals surface area contributed by atoms with E-state index in [0.29, 0.717) is 0 Å². The summed E-state index contributed by atoms with van der Waals surface area (Å²) >= 11 is 0. The van der Waals surface area contributed by atoms with Gasteiger partial charge in [0, 0.05) is 18.2 Å². The number of fused-ring (bicyclic) bond motifs is 1. The number of hydrogen-bond acceptors (Lipinski definition) is 5. The number of benzene rings is 1. The Kier molecular flexibility index (Phi) is 5.16. The second-order valence-electron chi connectivity index (χ2n) is 6.47. The first-order valence-electron chi connectivity index (χ1n) is 8.62. The van der Waals surface area contributed by atoms with Gasteiger partial charge in [0.25, 0.3) is 5.69 Å². The Labute approximate surface area is 144 Å². The molecule has 0 atom stereocenters. The third kappa shape index (κ3) is 4.07. The molecular formula is C17H21N3O5. The van der Waals surface area contributed by atoms with E-state index < -0.39 is 10.7 Å². The van der Waals surface area contributed by atoms with Crippen LogP contribution in [0.1, 0.15) is 44.9 Å². The number of aromatic nitrogens is 1. The van der Waals surface area contributed by atoms with Gasteiger partial charge in [-0.25, -0.2) is 4.79 Å². The number of nitrogens with one attached hydrogen (secondary N) is 1. The van der Waals surface area contributed by atoms with Crippen LogP contribution in [-0.2, 0) is 11.3 Å². The molecule has 1 saturated carbocycles. The molecule has 1 N–H and O–H groups in total. The Bertz CT molecular complexity index is 830. The smallest absolute Gasteiger partial charge is 0.408 e. The van der Waals surface area contributed by atoms with Crippen LogP contribution in [0.5, 0.6) is 0 Å². The Morgan fingerprint density at radius 1 is 1.24 bits per heavy atom. The van der Waals surface area contributed by atoms with Crippen LogP contribution in [-0.4, -0.2) is 21.4 Å². The van der Waals surface area contributed by atoms with E-state index in [1.54, 1.807) is 0 Å². The van der Waals surface area contributed by atoms with Crippen molar-refractivity contribution in [2.75, 3.05) is 0 Å². The number of nitro groups is 1. The van der Waals surface area contributed by atoms with Crippen molar-refractivity contribution in [3.05, 3.63) is 38.9 Å². The van der Waals surface area contributed by atoms with E-state index in [-0.39, 0.29) is 35.3 Å². The Balaban J connectivity index is 1.76. The zero-order chi connectivity index (χ0) is 17.8. The number of amides is 1. The highest BCUT2D eigenvalue weighted by Crippen LogP contribution is 2.20. The molecule has 0 radical (unpaired) electrons. The van der Waals surface area contributed by atoms with E-state index in [1.807, 2.05) is 0 Å². The molecule has 0 bridgehead atoms. The summed E-state index contributed by atoms with van der Waals surface area (Å²) in [6.45, 7) is -0.205. The fourth-order valence-electron chi connectivity index (χ4n) is 3.33. The van der Waals surface area contributed by atoms with Gasteiger partial charge in [0.05, 0.1) is 10.4 Å². The van der Waals surface area contributed by atoms with Crippen LogP contribution in [0.3, 0.4) is 0 Å². The second kappa shape index (κ2) is 7.50. The predicted molar refractivity (Wildman–Crippen MR) is 91.4 cm³/mol. The fourth-order valence-corrected chi connectivity index (χ4v) is 3.33. The van der Waals surface area contributed by atoms with Gasteiger partial charge in [-0.15, -0.1) is 0 Å². The number of rotatable bonds is 4. The Hall–Kier alpha value is -2.64. The number of oxazole rings is 1. The molecule has 1 heterocycles. The molecule has 1 amide bonds. The van der Waals surface area contributed by atoms with E-state index in [9.17, 15) is 19.7 Å². The molecule has 8 heteroatoms. The molecule has 1 fully saturated rings. The topological polar surface area (TPSA) is 107 Å². The maximum atomic E-state index is 12.3. The maximum Gasteiger partial charge on any atom is 0.420 e. The van der Waals surface area contributed by atoms with E-state index in [2.05, 4.69) is 5.32 Å². The minimum atomic E-state index is -0.691. The van der Waals surface area contributed by atoms with Crippen molar-refractivity contribution in [1.29, 1.82) is 0 Å². The highest BCUT2D eigenvalue weighted by Gasteiger charge is 2.18. The molecule has 0 unspecified atom stereocenters. The molecule has 134 valence electrons. The standard InChI is InChI=1S/C17H21N3O5/c21-16(18-12-6-4-2-1-3-5-7-12)11-19-14-10-13(20(23)24)8-9-15(14)25-17(19)22/h8-10,12H,1-7,11H2,(H,18,21). The normalized spacial score (nSPS) is 16.3. The zero-order valence-electron chi connectivity index (χ0n) is 13.9. The molecule has 1 aromatic carbocycles. The number of nitro benzene ring substituents is 1. The van der Waals surface area contributed by atoms with Crippen molar-refractivity contribution in [2.24, 2.45) is 0 Å². The SMILES string of the molecule is O=C(Cn1c(=O)oc2ccc([N+](=O)[O-])cc21)NC1CCCCCCC1. The van der Waals surface area contributed by atoms with Gasteiger partial charge >= 0.3 is 5.76 Å². The minimum absolute atomic E-state index is 0.121. The van der Waals surface area contributed by atoms with E-state index in [0.717, 1.165) is 30.3 Å². The lowest BCUT2D eigenvalue weighted by atomic mass is 9.97. The highest BCUT2D eigenvalue weighted by molar-refractivity contribution is 5.80. The number of hydrogen-bond donors (Lipinski definition) is 1. The van der Waals surface area contributed by atoms with Crippen LogP contribution in [0, 0.1) is 10.1 Å². The average molecular weight is 347 g/mol. The van der Waals surface area contributed by atoms with E-state index in [4.69, 9.17) is 4.42 Å². The molecule has 8 nitrogen and oxygen atoms in total. The fraction of sp³-hybridized carbons (Fsp3) is 0.529. The Morgan fingerprint density at radius 3 is 2.60 bits per heavy atom. The molecule has 1 aliphatic rings.